The van der Waals surface area contributed by atoms with Gasteiger partial charge in [0.15, 0.2) is 0 Å². The van der Waals surface area contributed by atoms with Gasteiger partial charge in [-0.25, -0.2) is 0 Å². The second kappa shape index (κ2) is 6.07. The number of carbonyl (C=O) groups excluding carboxylic acids is 1. The minimum atomic E-state index is 0.0938. The highest BCUT2D eigenvalue weighted by atomic mass is 32.2. The van der Waals surface area contributed by atoms with Crippen molar-refractivity contribution >= 4 is 28.9 Å². The average molecular weight is 296 g/mol. The highest BCUT2D eigenvalue weighted by molar-refractivity contribution is 7.99. The molecule has 0 N–H and O–H groups in total. The highest BCUT2D eigenvalue weighted by Gasteiger charge is 2.09. The minimum Gasteiger partial charge on any atom is -0.288 e. The minimum absolute atomic E-state index is 0.0938. The molecule has 3 heteroatoms. The van der Waals surface area contributed by atoms with Gasteiger partial charge in [-0.2, -0.15) is 0 Å². The second-order valence-electron chi connectivity index (χ2n) is 4.25. The van der Waals surface area contributed by atoms with Crippen molar-refractivity contribution in [3.8, 4) is 0 Å². The summed E-state index contributed by atoms with van der Waals surface area (Å²) < 4.78 is 0. The molecule has 3 aromatic rings. The standard InChI is InChI=1S/C17H12OS2/c18-17(16-7-4-12-19-16)13-8-10-15(11-9-13)20-14-5-2-1-3-6-14/h1-12H. The van der Waals surface area contributed by atoms with Crippen molar-refractivity contribution in [2.45, 2.75) is 9.79 Å². The normalized spacial score (nSPS) is 10.4. The lowest BCUT2D eigenvalue weighted by Gasteiger charge is -2.03. The van der Waals surface area contributed by atoms with E-state index in [-0.39, 0.29) is 5.78 Å². The molecule has 0 bridgehead atoms. The Labute approximate surface area is 126 Å². The number of rotatable bonds is 4. The van der Waals surface area contributed by atoms with Crippen LogP contribution in [0.15, 0.2) is 81.9 Å². The van der Waals surface area contributed by atoms with Crippen LogP contribution in [-0.4, -0.2) is 5.78 Å². The number of hydrogen-bond donors (Lipinski definition) is 0. The Morgan fingerprint density at radius 1 is 0.800 bits per heavy atom. The Hall–Kier alpha value is -1.84. The zero-order valence-corrected chi connectivity index (χ0v) is 12.3. The van der Waals surface area contributed by atoms with Gasteiger partial charge in [0.25, 0.3) is 0 Å². The van der Waals surface area contributed by atoms with Crippen LogP contribution in [0.4, 0.5) is 0 Å². The molecule has 0 unspecified atom stereocenters. The molecule has 20 heavy (non-hydrogen) atoms. The fraction of sp³-hybridized carbons (Fsp3) is 0. The van der Waals surface area contributed by atoms with E-state index in [1.165, 1.54) is 16.2 Å². The van der Waals surface area contributed by atoms with Gasteiger partial charge in [-0.15, -0.1) is 11.3 Å². The molecular formula is C17H12OS2. The van der Waals surface area contributed by atoms with E-state index in [1.54, 1.807) is 11.8 Å². The SMILES string of the molecule is O=C(c1ccc(Sc2ccccc2)cc1)c1cccs1. The molecule has 0 aliphatic rings. The quantitative estimate of drug-likeness (QED) is 0.621. The molecule has 0 atom stereocenters. The molecule has 98 valence electrons. The average Bonchev–Trinajstić information content (AvgIpc) is 3.03. The summed E-state index contributed by atoms with van der Waals surface area (Å²) in [5, 5.41) is 1.92. The summed E-state index contributed by atoms with van der Waals surface area (Å²) in [6, 6.07) is 21.8. The molecule has 0 aliphatic carbocycles. The van der Waals surface area contributed by atoms with Crippen LogP contribution in [-0.2, 0) is 0 Å². The zero-order valence-electron chi connectivity index (χ0n) is 10.7. The third kappa shape index (κ3) is 3.00. The van der Waals surface area contributed by atoms with Crippen molar-refractivity contribution in [1.82, 2.24) is 0 Å². The van der Waals surface area contributed by atoms with Gasteiger partial charge in [0.1, 0.15) is 0 Å². The van der Waals surface area contributed by atoms with Gasteiger partial charge in [0, 0.05) is 15.4 Å². The Balaban J connectivity index is 1.76. The fourth-order valence-electron chi connectivity index (χ4n) is 1.85. The summed E-state index contributed by atoms with van der Waals surface area (Å²) >= 11 is 3.17. The Kier molecular flexibility index (Phi) is 4.00. The summed E-state index contributed by atoms with van der Waals surface area (Å²) in [6.07, 6.45) is 0. The number of carbonyl (C=O) groups is 1. The smallest absolute Gasteiger partial charge is 0.202 e. The molecule has 0 spiro atoms. The third-order valence-electron chi connectivity index (χ3n) is 2.84. The van der Waals surface area contributed by atoms with Crippen LogP contribution in [0.2, 0.25) is 0 Å². The summed E-state index contributed by atoms with van der Waals surface area (Å²) in [5.41, 5.74) is 0.741. The lowest BCUT2D eigenvalue weighted by atomic mass is 10.1. The first-order chi connectivity index (χ1) is 9.83. The molecule has 0 amide bonds. The maximum absolute atomic E-state index is 12.2. The van der Waals surface area contributed by atoms with Gasteiger partial charge in [-0.05, 0) is 47.8 Å². The van der Waals surface area contributed by atoms with E-state index in [4.69, 9.17) is 0 Å². The largest absolute Gasteiger partial charge is 0.288 e. The van der Waals surface area contributed by atoms with Crippen LogP contribution in [0.1, 0.15) is 15.2 Å². The van der Waals surface area contributed by atoms with Crippen molar-refractivity contribution in [2.24, 2.45) is 0 Å². The van der Waals surface area contributed by atoms with Gasteiger partial charge in [-0.3, -0.25) is 4.79 Å². The molecule has 3 rings (SSSR count). The summed E-state index contributed by atoms with van der Waals surface area (Å²) in [6.45, 7) is 0. The van der Waals surface area contributed by atoms with Crippen molar-refractivity contribution < 1.29 is 4.79 Å². The van der Waals surface area contributed by atoms with Crippen molar-refractivity contribution in [3.63, 3.8) is 0 Å². The predicted molar refractivity (Wildman–Crippen MR) is 84.8 cm³/mol. The lowest BCUT2D eigenvalue weighted by molar-refractivity contribution is 0.104. The van der Waals surface area contributed by atoms with Gasteiger partial charge in [0.2, 0.25) is 5.78 Å². The third-order valence-corrected chi connectivity index (χ3v) is 4.72. The molecule has 0 radical (unpaired) electrons. The molecule has 0 saturated carbocycles. The van der Waals surface area contributed by atoms with Crippen LogP contribution in [0.25, 0.3) is 0 Å². The van der Waals surface area contributed by atoms with Crippen LogP contribution in [0, 0.1) is 0 Å². The number of thiophene rings is 1. The fourth-order valence-corrected chi connectivity index (χ4v) is 3.37. The van der Waals surface area contributed by atoms with Gasteiger partial charge in [0.05, 0.1) is 4.88 Å². The van der Waals surface area contributed by atoms with E-state index in [0.717, 1.165) is 15.3 Å². The van der Waals surface area contributed by atoms with E-state index in [0.29, 0.717) is 0 Å². The van der Waals surface area contributed by atoms with E-state index in [1.807, 2.05) is 60.0 Å². The van der Waals surface area contributed by atoms with Gasteiger partial charge in [-0.1, -0.05) is 36.0 Å². The van der Waals surface area contributed by atoms with Crippen LogP contribution < -0.4 is 0 Å². The topological polar surface area (TPSA) is 17.1 Å². The first-order valence-corrected chi connectivity index (χ1v) is 7.94. The molecular weight excluding hydrogens is 284 g/mol. The first kappa shape index (κ1) is 13.2. The molecule has 0 fully saturated rings. The van der Waals surface area contributed by atoms with Crippen molar-refractivity contribution in [1.29, 1.82) is 0 Å². The number of ketones is 1. The number of hydrogen-bond acceptors (Lipinski definition) is 3. The van der Waals surface area contributed by atoms with E-state index in [2.05, 4.69) is 12.1 Å². The zero-order chi connectivity index (χ0) is 13.8. The van der Waals surface area contributed by atoms with Gasteiger partial charge >= 0.3 is 0 Å². The van der Waals surface area contributed by atoms with Crippen molar-refractivity contribution in [2.75, 3.05) is 0 Å². The summed E-state index contributed by atoms with van der Waals surface area (Å²) in [7, 11) is 0. The van der Waals surface area contributed by atoms with Crippen LogP contribution >= 0.6 is 23.1 Å². The molecule has 2 aromatic carbocycles. The molecule has 1 aromatic heterocycles. The van der Waals surface area contributed by atoms with E-state index in [9.17, 15) is 4.79 Å². The predicted octanol–water partition coefficient (Wildman–Crippen LogP) is 5.13. The van der Waals surface area contributed by atoms with E-state index >= 15 is 0 Å². The van der Waals surface area contributed by atoms with Crippen LogP contribution in [0.3, 0.4) is 0 Å². The maximum Gasteiger partial charge on any atom is 0.202 e. The molecule has 1 heterocycles. The second-order valence-corrected chi connectivity index (χ2v) is 6.34. The Morgan fingerprint density at radius 3 is 2.15 bits per heavy atom. The monoisotopic (exact) mass is 296 g/mol. The Morgan fingerprint density at radius 2 is 1.50 bits per heavy atom. The first-order valence-electron chi connectivity index (χ1n) is 6.24. The Bertz CT molecular complexity index is 686. The maximum atomic E-state index is 12.2. The highest BCUT2D eigenvalue weighted by Crippen LogP contribution is 2.27. The number of benzene rings is 2. The molecule has 0 aliphatic heterocycles. The van der Waals surface area contributed by atoms with Gasteiger partial charge < -0.3 is 0 Å². The summed E-state index contributed by atoms with van der Waals surface area (Å²) in [4.78, 5) is 15.3. The van der Waals surface area contributed by atoms with Crippen molar-refractivity contribution in [3.05, 3.63) is 82.6 Å². The molecule has 1 nitrogen and oxygen atoms in total. The summed E-state index contributed by atoms with van der Waals surface area (Å²) in [5.74, 6) is 0.0938. The van der Waals surface area contributed by atoms with E-state index < -0.39 is 0 Å². The lowest BCUT2D eigenvalue weighted by Crippen LogP contribution is -1.97. The van der Waals surface area contributed by atoms with Crippen LogP contribution in [0.5, 0.6) is 0 Å². The molecule has 0 saturated heterocycles.